The third kappa shape index (κ3) is 5.17. The van der Waals surface area contributed by atoms with Crippen molar-refractivity contribution in [1.29, 1.82) is 0 Å². The third-order valence-electron chi connectivity index (χ3n) is 5.40. The van der Waals surface area contributed by atoms with Crippen LogP contribution in [0.3, 0.4) is 0 Å². The molecule has 162 valence electrons. The second-order valence-electron chi connectivity index (χ2n) is 7.80. The zero-order valence-electron chi connectivity index (χ0n) is 18.4. The number of fused-ring (bicyclic) bond motifs is 1. The quantitative estimate of drug-likeness (QED) is 0.636. The standard InChI is InChI=1S/C21H34N4O3S/c1-7-21(5,6)23-20(26)14-13-19-22-17-15-16(11-12-18(17)25(19)10-4)29(27,28)24(8-2)9-3/h11-12,15H,7-10,13-14H2,1-6H3,(H,23,26). The Morgan fingerprint density at radius 1 is 1.17 bits per heavy atom. The first-order valence-electron chi connectivity index (χ1n) is 10.4. The second-order valence-corrected chi connectivity index (χ2v) is 9.74. The number of rotatable bonds is 10. The van der Waals surface area contributed by atoms with Crippen molar-refractivity contribution in [2.24, 2.45) is 0 Å². The Balaban J connectivity index is 2.31. The molecule has 0 fully saturated rings. The summed E-state index contributed by atoms with van der Waals surface area (Å²) in [6, 6.07) is 5.09. The zero-order chi connectivity index (χ0) is 21.8. The predicted molar refractivity (Wildman–Crippen MR) is 116 cm³/mol. The van der Waals surface area contributed by atoms with Crippen LogP contribution in [0.1, 0.15) is 60.2 Å². The maximum Gasteiger partial charge on any atom is 0.243 e. The van der Waals surface area contributed by atoms with E-state index in [1.165, 1.54) is 4.31 Å². The summed E-state index contributed by atoms with van der Waals surface area (Å²) in [4.78, 5) is 17.2. The first kappa shape index (κ1) is 23.3. The first-order chi connectivity index (χ1) is 13.6. The molecular weight excluding hydrogens is 388 g/mol. The van der Waals surface area contributed by atoms with E-state index in [-0.39, 0.29) is 16.3 Å². The van der Waals surface area contributed by atoms with Gasteiger partial charge in [-0.25, -0.2) is 13.4 Å². The van der Waals surface area contributed by atoms with Gasteiger partial charge in [-0.15, -0.1) is 0 Å². The van der Waals surface area contributed by atoms with Crippen molar-refractivity contribution in [1.82, 2.24) is 19.2 Å². The second kappa shape index (κ2) is 9.26. The number of imidazole rings is 1. The number of amides is 1. The van der Waals surface area contributed by atoms with Gasteiger partial charge in [0.05, 0.1) is 15.9 Å². The SMILES string of the molecule is CCN(CC)S(=O)(=O)c1ccc2c(c1)nc(CCC(=O)NC(C)(C)CC)n2CC. The first-order valence-corrected chi connectivity index (χ1v) is 11.8. The number of benzene rings is 1. The third-order valence-corrected chi connectivity index (χ3v) is 7.44. The number of hydrogen-bond donors (Lipinski definition) is 1. The molecule has 29 heavy (non-hydrogen) atoms. The van der Waals surface area contributed by atoms with Gasteiger partial charge in [-0.2, -0.15) is 4.31 Å². The number of nitrogens with one attached hydrogen (secondary N) is 1. The van der Waals surface area contributed by atoms with Crippen LogP contribution in [0, 0.1) is 0 Å². The maximum atomic E-state index is 12.8. The average molecular weight is 423 g/mol. The highest BCUT2D eigenvalue weighted by Gasteiger charge is 2.23. The molecule has 8 heteroatoms. The molecule has 0 atom stereocenters. The Kier molecular flexibility index (Phi) is 7.45. The summed E-state index contributed by atoms with van der Waals surface area (Å²) >= 11 is 0. The fourth-order valence-corrected chi connectivity index (χ4v) is 4.81. The lowest BCUT2D eigenvalue weighted by molar-refractivity contribution is -0.122. The van der Waals surface area contributed by atoms with Crippen molar-refractivity contribution in [2.75, 3.05) is 13.1 Å². The van der Waals surface area contributed by atoms with E-state index >= 15 is 0 Å². The molecule has 0 aliphatic carbocycles. The number of hydrogen-bond acceptors (Lipinski definition) is 4. The molecule has 0 saturated carbocycles. The van der Waals surface area contributed by atoms with Crippen LogP contribution in [0.25, 0.3) is 11.0 Å². The molecule has 0 spiro atoms. The number of aryl methyl sites for hydroxylation is 2. The summed E-state index contributed by atoms with van der Waals surface area (Å²) in [5.74, 6) is 0.792. The van der Waals surface area contributed by atoms with Gasteiger partial charge in [0.25, 0.3) is 0 Å². The molecule has 0 aliphatic heterocycles. The molecule has 7 nitrogen and oxygen atoms in total. The Morgan fingerprint density at radius 3 is 2.38 bits per heavy atom. The van der Waals surface area contributed by atoms with E-state index in [1.54, 1.807) is 12.1 Å². The summed E-state index contributed by atoms with van der Waals surface area (Å²) in [6.07, 6.45) is 1.71. The topological polar surface area (TPSA) is 84.3 Å². The minimum atomic E-state index is -3.53. The van der Waals surface area contributed by atoms with E-state index in [4.69, 9.17) is 0 Å². The number of sulfonamides is 1. The van der Waals surface area contributed by atoms with Crippen molar-refractivity contribution in [3.8, 4) is 0 Å². The van der Waals surface area contributed by atoms with Gasteiger partial charge in [-0.05, 0) is 45.4 Å². The molecule has 1 aromatic carbocycles. The molecule has 0 bridgehead atoms. The smallest absolute Gasteiger partial charge is 0.243 e. The molecule has 0 unspecified atom stereocenters. The van der Waals surface area contributed by atoms with Gasteiger partial charge in [-0.3, -0.25) is 4.79 Å². The van der Waals surface area contributed by atoms with Crippen LogP contribution in [0.4, 0.5) is 0 Å². The predicted octanol–water partition coefficient (Wildman–Crippen LogP) is 3.32. The van der Waals surface area contributed by atoms with Gasteiger partial charge in [-0.1, -0.05) is 20.8 Å². The summed E-state index contributed by atoms with van der Waals surface area (Å²) in [5.41, 5.74) is 1.30. The minimum absolute atomic E-state index is 0.00337. The number of aromatic nitrogens is 2. The van der Waals surface area contributed by atoms with Gasteiger partial charge in [0.1, 0.15) is 5.82 Å². The van der Waals surface area contributed by atoms with E-state index in [0.717, 1.165) is 17.8 Å². The highest BCUT2D eigenvalue weighted by Crippen LogP contribution is 2.23. The summed E-state index contributed by atoms with van der Waals surface area (Å²) in [7, 11) is -3.53. The Morgan fingerprint density at radius 2 is 1.83 bits per heavy atom. The molecule has 1 amide bonds. The van der Waals surface area contributed by atoms with Crippen LogP contribution >= 0.6 is 0 Å². The molecule has 2 aromatic rings. The lowest BCUT2D eigenvalue weighted by atomic mass is 10.0. The number of carbonyl (C=O) groups excluding carboxylic acids is 1. The highest BCUT2D eigenvalue weighted by atomic mass is 32.2. The van der Waals surface area contributed by atoms with Crippen LogP contribution in [-0.2, 0) is 27.8 Å². The van der Waals surface area contributed by atoms with Gasteiger partial charge in [0, 0.05) is 38.0 Å². The summed E-state index contributed by atoms with van der Waals surface area (Å²) < 4.78 is 29.1. The lowest BCUT2D eigenvalue weighted by Crippen LogP contribution is -2.42. The molecule has 0 aliphatic rings. The van der Waals surface area contributed by atoms with Crippen molar-refractivity contribution in [3.05, 3.63) is 24.0 Å². The van der Waals surface area contributed by atoms with Crippen LogP contribution in [0.5, 0.6) is 0 Å². The van der Waals surface area contributed by atoms with Crippen molar-refractivity contribution in [3.63, 3.8) is 0 Å². The van der Waals surface area contributed by atoms with Crippen LogP contribution in [0.2, 0.25) is 0 Å². The largest absolute Gasteiger partial charge is 0.351 e. The van der Waals surface area contributed by atoms with E-state index < -0.39 is 10.0 Å². The number of carbonyl (C=O) groups is 1. The normalized spacial score (nSPS) is 12.7. The van der Waals surface area contributed by atoms with Gasteiger partial charge in [0.15, 0.2) is 0 Å². The average Bonchev–Trinajstić information content (AvgIpc) is 3.03. The van der Waals surface area contributed by atoms with E-state index in [1.807, 2.05) is 52.2 Å². The lowest BCUT2D eigenvalue weighted by Gasteiger charge is -2.24. The van der Waals surface area contributed by atoms with E-state index in [9.17, 15) is 13.2 Å². The molecule has 1 aromatic heterocycles. The molecule has 1 heterocycles. The van der Waals surface area contributed by atoms with Crippen molar-refractivity contribution in [2.45, 2.75) is 77.8 Å². The van der Waals surface area contributed by atoms with Gasteiger partial charge in [0.2, 0.25) is 15.9 Å². The summed E-state index contributed by atoms with van der Waals surface area (Å²) in [5, 5.41) is 3.04. The maximum absolute atomic E-state index is 12.8. The summed E-state index contributed by atoms with van der Waals surface area (Å²) in [6.45, 7) is 13.3. The van der Waals surface area contributed by atoms with Gasteiger partial charge < -0.3 is 9.88 Å². The Hall–Kier alpha value is -1.93. The highest BCUT2D eigenvalue weighted by molar-refractivity contribution is 7.89. The number of nitrogens with zero attached hydrogens (tertiary/aromatic N) is 3. The van der Waals surface area contributed by atoms with E-state index in [0.29, 0.717) is 38.0 Å². The van der Waals surface area contributed by atoms with Crippen LogP contribution in [0.15, 0.2) is 23.1 Å². The van der Waals surface area contributed by atoms with Crippen molar-refractivity contribution < 1.29 is 13.2 Å². The molecular formula is C21H34N4O3S. The van der Waals surface area contributed by atoms with Crippen molar-refractivity contribution >= 4 is 27.0 Å². The van der Waals surface area contributed by atoms with Crippen LogP contribution < -0.4 is 5.32 Å². The fourth-order valence-electron chi connectivity index (χ4n) is 3.33. The Labute approximate surface area is 174 Å². The van der Waals surface area contributed by atoms with E-state index in [2.05, 4.69) is 10.3 Å². The minimum Gasteiger partial charge on any atom is -0.351 e. The monoisotopic (exact) mass is 422 g/mol. The van der Waals surface area contributed by atoms with Gasteiger partial charge >= 0.3 is 0 Å². The Bertz CT molecular complexity index is 960. The molecule has 0 radical (unpaired) electrons. The zero-order valence-corrected chi connectivity index (χ0v) is 19.3. The molecule has 1 N–H and O–H groups in total. The van der Waals surface area contributed by atoms with Crippen LogP contribution in [-0.4, -0.2) is 46.8 Å². The molecule has 0 saturated heterocycles. The molecule has 2 rings (SSSR count). The fraction of sp³-hybridized carbons (Fsp3) is 0.619.